The van der Waals surface area contributed by atoms with Crippen molar-refractivity contribution in [2.45, 2.75) is 203 Å². The van der Waals surface area contributed by atoms with Crippen molar-refractivity contribution in [3.63, 3.8) is 0 Å². The largest absolute Gasteiger partial charge is 0.481 e. The molecule has 107 heavy (non-hydrogen) atoms. The molecule has 2 aromatic rings. The quantitative estimate of drug-likeness (QED) is 0.0294. The van der Waals surface area contributed by atoms with Crippen LogP contribution < -0.4 is 69.5 Å². The zero-order valence-electron chi connectivity index (χ0n) is 59.3. The Hall–Kier alpha value is -11.7. The summed E-state index contributed by atoms with van der Waals surface area (Å²) in [4.78, 5) is 250. The van der Waals surface area contributed by atoms with Gasteiger partial charge in [-0.2, -0.15) is 0 Å². The molecule has 2 aromatic carbocycles. The van der Waals surface area contributed by atoms with E-state index in [9.17, 15) is 127 Å². The fourth-order valence-electron chi connectivity index (χ4n) is 10.7. The number of hydrogen-bond acceptors (Lipinski definition) is 21. The van der Waals surface area contributed by atoms with Gasteiger partial charge in [0, 0.05) is 45.1 Å². The molecule has 1 fully saturated rings. The maximum atomic E-state index is 14.7. The van der Waals surface area contributed by atoms with Gasteiger partial charge >= 0.3 is 35.8 Å². The molecule has 0 spiro atoms. The fraction of sp³-hybridized carbons (Fsp3) is 0.537. The first kappa shape index (κ1) is 89.5. The Balaban J connectivity index is 1.81. The molecule has 40 nitrogen and oxygen atoms in total. The lowest BCUT2D eigenvalue weighted by molar-refractivity contribution is -0.143. The van der Waals surface area contributed by atoms with Gasteiger partial charge in [-0.1, -0.05) is 74.5 Å². The number of aliphatic hydroxyl groups is 1. The number of carboxylic acid groups (broad SMARTS) is 6. The van der Waals surface area contributed by atoms with Gasteiger partial charge in [0.2, 0.25) is 76.8 Å². The molecule has 3 rings (SSSR count). The number of rotatable bonds is 47. The maximum Gasteiger partial charge on any atom is 0.326 e. The SMILES string of the molecule is CC(C)C[C@H](NC(=O)[C@@H]1CCCN1C(=O)[C@H](Cc1ccccc1)NC(=O)[C@H](C)NC(=O)[C@H](CCC(=O)O)NC(=O)[C@H](C)NC(=O)[C@H](CO)NC(=O)[C@H](CCC(=O)O)NC(=O)[C@H](CC(=O)O)NC(=O)[C@H](CCC(=O)O)NC(=O)[C@H](C)NC(=O)CN)C(=O)N[C@@H](CCC(=O)O)C(=O)N[C@@H](Cc1ccccc1)C(=O)O. The summed E-state index contributed by atoms with van der Waals surface area (Å²) in [6.07, 6.45) is -6.98. The number of carbonyl (C=O) groups is 19. The molecule has 0 radical (unpaired) electrons. The van der Waals surface area contributed by atoms with E-state index in [0.717, 1.165) is 6.92 Å². The van der Waals surface area contributed by atoms with Gasteiger partial charge in [-0.15, -0.1) is 0 Å². The average Bonchev–Trinajstić information content (AvgIpc) is 1.72. The number of aliphatic hydroxyl groups excluding tert-OH is 1. The van der Waals surface area contributed by atoms with Crippen molar-refractivity contribution in [3.05, 3.63) is 71.8 Å². The van der Waals surface area contributed by atoms with Gasteiger partial charge in [0.25, 0.3) is 0 Å². The fourth-order valence-corrected chi connectivity index (χ4v) is 10.7. The zero-order valence-corrected chi connectivity index (χ0v) is 59.3. The minimum absolute atomic E-state index is 0.0391. The monoisotopic (exact) mass is 1510 g/mol. The summed E-state index contributed by atoms with van der Waals surface area (Å²) in [6.45, 7) is 4.97. The zero-order chi connectivity index (χ0) is 80.4. The van der Waals surface area contributed by atoms with Crippen LogP contribution in [0.4, 0.5) is 0 Å². The molecule has 0 aromatic heterocycles. The van der Waals surface area contributed by atoms with Crippen LogP contribution in [0.5, 0.6) is 0 Å². The van der Waals surface area contributed by atoms with Gasteiger partial charge in [0.05, 0.1) is 19.6 Å². The van der Waals surface area contributed by atoms with Gasteiger partial charge in [0.1, 0.15) is 78.5 Å². The second kappa shape index (κ2) is 44.8. The van der Waals surface area contributed by atoms with Crippen LogP contribution in [-0.2, 0) is 104 Å². The van der Waals surface area contributed by atoms with Crippen LogP contribution in [0.15, 0.2) is 60.7 Å². The standard InChI is InChI=1S/C67H94N14O26/c1-33(2)27-43(62(101)74-41(20-24-52(88)89)60(99)79-46(67(106)107)29-38-15-10-7-11-16-38)77-65(104)48-17-12-26-81(48)66(105)45(28-37-13-8-6-9-14-37)78-57(96)36(5)70-58(97)39(18-22-50(84)85)72-56(95)35(4)71-64(103)47(32-82)80-61(100)42(21-25-53(90)91)75-63(102)44(30-54(92)93)76-59(98)40(19-23-51(86)87)73-55(94)34(3)69-49(83)31-68/h6-11,13-16,33-36,39-48,82H,12,17-32,68H2,1-5H3,(H,69,83)(H,70,97)(H,71,103)(H,72,95)(H,73,94)(H,74,101)(H,75,102)(H,76,98)(H,77,104)(H,78,96)(H,79,99)(H,80,100)(H,84,85)(H,86,87)(H,88,89)(H,90,91)(H,92,93)(H,106,107)/t34-,35-,36-,39-,40-,41-,42-,43-,44-,45-,46-,47-,48-/m0/s1. The average molecular weight is 1510 g/mol. The van der Waals surface area contributed by atoms with Gasteiger partial charge in [-0.3, -0.25) is 86.3 Å². The van der Waals surface area contributed by atoms with E-state index in [1.165, 1.54) is 18.7 Å². The van der Waals surface area contributed by atoms with Crippen molar-refractivity contribution in [2.24, 2.45) is 11.7 Å². The van der Waals surface area contributed by atoms with Gasteiger partial charge in [-0.25, -0.2) is 4.79 Å². The Bertz CT molecular complexity index is 3530. The predicted octanol–water partition coefficient (Wildman–Crippen LogP) is -5.64. The predicted molar refractivity (Wildman–Crippen MR) is 368 cm³/mol. The van der Waals surface area contributed by atoms with Crippen LogP contribution in [-0.4, -0.2) is 251 Å². The van der Waals surface area contributed by atoms with Gasteiger partial charge in [-0.05, 0) is 82.8 Å². The van der Waals surface area contributed by atoms with E-state index in [2.05, 4.69) is 47.9 Å². The highest BCUT2D eigenvalue weighted by molar-refractivity contribution is 6.01. The minimum Gasteiger partial charge on any atom is -0.481 e. The molecule has 40 heteroatoms. The molecule has 1 heterocycles. The molecule has 13 atom stereocenters. The number of carbonyl (C=O) groups excluding carboxylic acids is 13. The minimum atomic E-state index is -2.14. The number of amides is 13. The third-order valence-electron chi connectivity index (χ3n) is 16.4. The molecule has 1 aliphatic rings. The molecular weight excluding hydrogens is 1420 g/mol. The number of benzene rings is 2. The molecule has 21 N–H and O–H groups in total. The van der Waals surface area contributed by atoms with E-state index >= 15 is 0 Å². The Morgan fingerprint density at radius 3 is 1.12 bits per heavy atom. The van der Waals surface area contributed by atoms with Crippen molar-refractivity contribution >= 4 is 113 Å². The molecule has 0 unspecified atom stereocenters. The number of hydrogen-bond donors (Lipinski definition) is 20. The van der Waals surface area contributed by atoms with E-state index in [1.54, 1.807) is 74.5 Å². The third-order valence-corrected chi connectivity index (χ3v) is 16.4. The van der Waals surface area contributed by atoms with E-state index in [4.69, 9.17) is 5.73 Å². The highest BCUT2D eigenvalue weighted by Gasteiger charge is 2.41. The summed E-state index contributed by atoms with van der Waals surface area (Å²) in [5.74, 6) is -23.6. The molecule has 0 aliphatic carbocycles. The highest BCUT2D eigenvalue weighted by Crippen LogP contribution is 2.22. The van der Waals surface area contributed by atoms with Crippen molar-refractivity contribution < 1.29 is 127 Å². The second-order valence-corrected chi connectivity index (χ2v) is 25.6. The normalized spacial score (nSPS) is 15.7. The lowest BCUT2D eigenvalue weighted by Gasteiger charge is -2.31. The molecule has 0 saturated carbocycles. The lowest BCUT2D eigenvalue weighted by atomic mass is 10.0. The Labute approximate surface area is 612 Å². The Morgan fingerprint density at radius 1 is 0.402 bits per heavy atom. The molecule has 588 valence electrons. The molecule has 0 bridgehead atoms. The first-order valence-corrected chi connectivity index (χ1v) is 34.0. The smallest absolute Gasteiger partial charge is 0.326 e. The summed E-state index contributed by atoms with van der Waals surface area (Å²) in [6, 6.07) is -5.17. The molecular formula is C67H94N14O26. The number of nitrogens with two attached hydrogens (primary N) is 1. The summed E-state index contributed by atoms with van der Waals surface area (Å²) in [5, 5.41) is 95.0. The van der Waals surface area contributed by atoms with Crippen LogP contribution in [0.1, 0.15) is 123 Å². The second-order valence-electron chi connectivity index (χ2n) is 25.6. The Kier molecular flexibility index (Phi) is 37.5. The maximum absolute atomic E-state index is 14.7. The Morgan fingerprint density at radius 2 is 0.738 bits per heavy atom. The number of aliphatic carboxylic acids is 6. The van der Waals surface area contributed by atoms with E-state index in [1.807, 2.05) is 16.0 Å². The first-order chi connectivity index (χ1) is 50.3. The summed E-state index contributed by atoms with van der Waals surface area (Å²) < 4.78 is 0. The number of likely N-dealkylation sites (tertiary alicyclic amines) is 1. The lowest BCUT2D eigenvalue weighted by Crippen LogP contribution is -2.61. The van der Waals surface area contributed by atoms with Crippen LogP contribution in [0.25, 0.3) is 0 Å². The molecule has 1 aliphatic heterocycles. The number of nitrogens with zero attached hydrogens (tertiary/aromatic N) is 1. The third kappa shape index (κ3) is 32.1. The van der Waals surface area contributed by atoms with Crippen molar-refractivity contribution in [1.82, 2.24) is 68.7 Å². The van der Waals surface area contributed by atoms with Crippen LogP contribution in [0, 0.1) is 5.92 Å². The highest BCUT2D eigenvalue weighted by atomic mass is 16.4. The van der Waals surface area contributed by atoms with Gasteiger partial charge < -0.3 is 110 Å². The topological polar surface area (TPSA) is 640 Å². The van der Waals surface area contributed by atoms with Crippen LogP contribution >= 0.6 is 0 Å². The van der Waals surface area contributed by atoms with Crippen molar-refractivity contribution in [3.8, 4) is 0 Å². The first-order valence-electron chi connectivity index (χ1n) is 34.0. The number of carboxylic acids is 6. The number of nitrogens with one attached hydrogen (secondary N) is 12. The summed E-state index contributed by atoms with van der Waals surface area (Å²) in [7, 11) is 0. The van der Waals surface area contributed by atoms with Crippen molar-refractivity contribution in [1.29, 1.82) is 0 Å². The van der Waals surface area contributed by atoms with E-state index < -0.39 is 262 Å². The van der Waals surface area contributed by atoms with Crippen LogP contribution in [0.2, 0.25) is 0 Å². The van der Waals surface area contributed by atoms with Gasteiger partial charge in [0.15, 0.2) is 0 Å². The summed E-state index contributed by atoms with van der Waals surface area (Å²) >= 11 is 0. The molecule has 1 saturated heterocycles. The van der Waals surface area contributed by atoms with E-state index in [-0.39, 0.29) is 44.6 Å². The van der Waals surface area contributed by atoms with Crippen LogP contribution in [0.3, 0.4) is 0 Å². The molecule has 13 amide bonds. The van der Waals surface area contributed by atoms with Crippen molar-refractivity contribution in [2.75, 3.05) is 19.7 Å². The van der Waals surface area contributed by atoms with E-state index in [0.29, 0.717) is 11.1 Å². The summed E-state index contributed by atoms with van der Waals surface area (Å²) in [5.41, 5.74) is 6.31.